The topological polar surface area (TPSA) is 26.0 Å². The monoisotopic (exact) mass is 213 g/mol. The van der Waals surface area contributed by atoms with Gasteiger partial charge in [0.05, 0.1) is 0 Å². The van der Waals surface area contributed by atoms with E-state index in [0.29, 0.717) is 24.5 Å². The number of nitrogens with two attached hydrogens (primary N) is 1. The Balaban J connectivity index is 3.62. The Bertz CT molecular complexity index is 189. The molecule has 88 valence electrons. The molecule has 0 bridgehead atoms. The maximum atomic E-state index is 13.2. The van der Waals surface area contributed by atoms with Gasteiger partial charge in [0.1, 0.15) is 6.17 Å². The van der Waals surface area contributed by atoms with Crippen molar-refractivity contribution in [2.24, 2.45) is 11.7 Å². The first-order chi connectivity index (χ1) is 7.11. The molecule has 1 nitrogen and oxygen atoms in total. The highest BCUT2D eigenvalue weighted by Crippen LogP contribution is 2.18. The highest BCUT2D eigenvalue weighted by Gasteiger charge is 2.09. The summed E-state index contributed by atoms with van der Waals surface area (Å²) in [5, 5.41) is 0. The Morgan fingerprint density at radius 2 is 2.07 bits per heavy atom. The van der Waals surface area contributed by atoms with E-state index in [1.807, 2.05) is 6.08 Å². The lowest BCUT2D eigenvalue weighted by molar-refractivity contribution is 0.334. The predicted molar refractivity (Wildman–Crippen MR) is 65.5 cm³/mol. The van der Waals surface area contributed by atoms with Crippen LogP contribution in [-0.4, -0.2) is 12.7 Å². The van der Waals surface area contributed by atoms with Crippen molar-refractivity contribution in [3.05, 3.63) is 24.8 Å². The summed E-state index contributed by atoms with van der Waals surface area (Å²) in [6.45, 7) is 9.73. The maximum Gasteiger partial charge on any atom is 0.121 e. The summed E-state index contributed by atoms with van der Waals surface area (Å²) in [5.74, 6) is 0.514. The number of rotatable bonds is 9. The highest BCUT2D eigenvalue weighted by atomic mass is 19.1. The normalized spacial score (nSPS) is 14.6. The van der Waals surface area contributed by atoms with Gasteiger partial charge in [0.2, 0.25) is 0 Å². The van der Waals surface area contributed by atoms with Crippen molar-refractivity contribution >= 4 is 0 Å². The predicted octanol–water partition coefficient (Wildman–Crippen LogP) is 3.61. The fraction of sp³-hybridized carbons (Fsp3) is 0.692. The van der Waals surface area contributed by atoms with E-state index < -0.39 is 6.17 Å². The van der Waals surface area contributed by atoms with E-state index in [9.17, 15) is 4.39 Å². The molecule has 0 aliphatic heterocycles. The Hall–Kier alpha value is -0.630. The average Bonchev–Trinajstić information content (AvgIpc) is 2.22. The van der Waals surface area contributed by atoms with Crippen LogP contribution in [-0.2, 0) is 0 Å². The fourth-order valence-electron chi connectivity index (χ4n) is 1.57. The Kier molecular flexibility index (Phi) is 8.30. The second-order valence-corrected chi connectivity index (χ2v) is 4.21. The van der Waals surface area contributed by atoms with E-state index in [4.69, 9.17) is 5.73 Å². The van der Waals surface area contributed by atoms with Crippen LogP contribution in [0.15, 0.2) is 24.8 Å². The van der Waals surface area contributed by atoms with Gasteiger partial charge in [-0.2, -0.15) is 0 Å². The molecule has 0 aromatic rings. The first-order valence-electron chi connectivity index (χ1n) is 5.72. The van der Waals surface area contributed by atoms with E-state index in [-0.39, 0.29) is 0 Å². The molecule has 2 N–H and O–H groups in total. The molecule has 0 saturated carbocycles. The molecule has 0 aliphatic rings. The quantitative estimate of drug-likeness (QED) is 0.582. The second-order valence-electron chi connectivity index (χ2n) is 4.21. The lowest BCUT2D eigenvalue weighted by Crippen LogP contribution is -2.14. The SMILES string of the molecule is C=CCCC(CN)CCCC(F)C(=C)C. The van der Waals surface area contributed by atoms with Crippen molar-refractivity contribution in [2.75, 3.05) is 6.54 Å². The summed E-state index contributed by atoms with van der Waals surface area (Å²) < 4.78 is 13.2. The minimum absolute atomic E-state index is 0.514. The van der Waals surface area contributed by atoms with E-state index >= 15 is 0 Å². The van der Waals surface area contributed by atoms with E-state index in [1.165, 1.54) is 0 Å². The number of alkyl halides is 1. The third kappa shape index (κ3) is 7.32. The van der Waals surface area contributed by atoms with Crippen molar-refractivity contribution < 1.29 is 4.39 Å². The molecule has 0 saturated heterocycles. The summed E-state index contributed by atoms with van der Waals surface area (Å²) in [5.41, 5.74) is 6.27. The van der Waals surface area contributed by atoms with Gasteiger partial charge in [0, 0.05) is 0 Å². The van der Waals surface area contributed by atoms with Gasteiger partial charge in [-0.1, -0.05) is 12.7 Å². The molecule has 0 radical (unpaired) electrons. The zero-order chi connectivity index (χ0) is 11.7. The molecule has 0 aromatic carbocycles. The molecule has 0 fully saturated rings. The minimum Gasteiger partial charge on any atom is -0.330 e. The number of allylic oxidation sites excluding steroid dienone is 2. The lowest BCUT2D eigenvalue weighted by Gasteiger charge is -2.14. The molecule has 2 unspecified atom stereocenters. The van der Waals surface area contributed by atoms with Gasteiger partial charge < -0.3 is 5.73 Å². The van der Waals surface area contributed by atoms with Crippen LogP contribution in [0.2, 0.25) is 0 Å². The summed E-state index contributed by atoms with van der Waals surface area (Å²) in [6, 6.07) is 0. The first kappa shape index (κ1) is 14.4. The maximum absolute atomic E-state index is 13.2. The van der Waals surface area contributed by atoms with Gasteiger partial charge in [-0.15, -0.1) is 6.58 Å². The summed E-state index contributed by atoms with van der Waals surface area (Å²) in [7, 11) is 0. The van der Waals surface area contributed by atoms with Gasteiger partial charge >= 0.3 is 0 Å². The molecular formula is C13H24FN. The smallest absolute Gasteiger partial charge is 0.121 e. The zero-order valence-electron chi connectivity index (χ0n) is 9.84. The second kappa shape index (κ2) is 8.66. The van der Waals surface area contributed by atoms with Crippen LogP contribution < -0.4 is 5.73 Å². The van der Waals surface area contributed by atoms with Gasteiger partial charge in [-0.3, -0.25) is 0 Å². The first-order valence-corrected chi connectivity index (χ1v) is 5.72. The van der Waals surface area contributed by atoms with Crippen molar-refractivity contribution in [3.63, 3.8) is 0 Å². The van der Waals surface area contributed by atoms with Crippen molar-refractivity contribution in [2.45, 2.75) is 45.2 Å². The van der Waals surface area contributed by atoms with Crippen LogP contribution in [0.4, 0.5) is 4.39 Å². The summed E-state index contributed by atoms with van der Waals surface area (Å²) in [6.07, 6.45) is 5.63. The Morgan fingerprint density at radius 3 is 2.53 bits per heavy atom. The van der Waals surface area contributed by atoms with Gasteiger partial charge in [0.15, 0.2) is 0 Å². The van der Waals surface area contributed by atoms with Gasteiger partial charge in [-0.25, -0.2) is 4.39 Å². The molecule has 2 heteroatoms. The molecule has 2 atom stereocenters. The van der Waals surface area contributed by atoms with Crippen LogP contribution in [0.5, 0.6) is 0 Å². The summed E-state index contributed by atoms with van der Waals surface area (Å²) in [4.78, 5) is 0. The fourth-order valence-corrected chi connectivity index (χ4v) is 1.57. The van der Waals surface area contributed by atoms with Crippen LogP contribution >= 0.6 is 0 Å². The molecule has 15 heavy (non-hydrogen) atoms. The average molecular weight is 213 g/mol. The van der Waals surface area contributed by atoms with E-state index in [2.05, 4.69) is 13.2 Å². The van der Waals surface area contributed by atoms with Crippen LogP contribution in [0.3, 0.4) is 0 Å². The molecule has 0 heterocycles. The Labute approximate surface area is 93.2 Å². The Morgan fingerprint density at radius 1 is 1.40 bits per heavy atom. The van der Waals surface area contributed by atoms with Gasteiger partial charge in [0.25, 0.3) is 0 Å². The number of hydrogen-bond acceptors (Lipinski definition) is 1. The third-order valence-corrected chi connectivity index (χ3v) is 2.72. The van der Waals surface area contributed by atoms with Crippen molar-refractivity contribution in [1.82, 2.24) is 0 Å². The van der Waals surface area contributed by atoms with Crippen LogP contribution in [0, 0.1) is 5.92 Å². The third-order valence-electron chi connectivity index (χ3n) is 2.72. The highest BCUT2D eigenvalue weighted by molar-refractivity contribution is 4.96. The molecule has 0 aromatic heterocycles. The largest absolute Gasteiger partial charge is 0.330 e. The molecule has 0 aliphatic carbocycles. The molecular weight excluding hydrogens is 189 g/mol. The lowest BCUT2D eigenvalue weighted by atomic mass is 9.95. The zero-order valence-corrected chi connectivity index (χ0v) is 9.84. The van der Waals surface area contributed by atoms with Crippen molar-refractivity contribution in [3.8, 4) is 0 Å². The number of halogens is 1. The minimum atomic E-state index is -0.845. The van der Waals surface area contributed by atoms with Gasteiger partial charge in [-0.05, 0) is 57.1 Å². The van der Waals surface area contributed by atoms with Crippen LogP contribution in [0.25, 0.3) is 0 Å². The number of hydrogen-bond donors (Lipinski definition) is 1. The van der Waals surface area contributed by atoms with E-state index in [1.54, 1.807) is 6.92 Å². The van der Waals surface area contributed by atoms with Crippen molar-refractivity contribution in [1.29, 1.82) is 0 Å². The van der Waals surface area contributed by atoms with Crippen LogP contribution in [0.1, 0.15) is 39.0 Å². The summed E-state index contributed by atoms with van der Waals surface area (Å²) >= 11 is 0. The standard InChI is InChI=1S/C13H24FN/c1-4-5-7-12(10-15)8-6-9-13(14)11(2)3/h4,12-13H,1-2,5-10,15H2,3H3. The molecule has 0 amide bonds. The van der Waals surface area contributed by atoms with E-state index in [0.717, 1.165) is 25.7 Å². The molecule has 0 rings (SSSR count). The molecule has 0 spiro atoms.